The third-order valence-electron chi connectivity index (χ3n) is 2.08. The minimum absolute atomic E-state index is 0.131. The van der Waals surface area contributed by atoms with E-state index in [1.54, 1.807) is 0 Å². The van der Waals surface area contributed by atoms with Gasteiger partial charge in [-0.2, -0.15) is 0 Å². The van der Waals surface area contributed by atoms with Crippen molar-refractivity contribution in [2.75, 3.05) is 5.75 Å². The van der Waals surface area contributed by atoms with Gasteiger partial charge in [0.15, 0.2) is 0 Å². The Labute approximate surface area is 105 Å². The summed E-state index contributed by atoms with van der Waals surface area (Å²) < 4.78 is 26.5. The van der Waals surface area contributed by atoms with E-state index in [4.69, 9.17) is 15.4 Å². The summed E-state index contributed by atoms with van der Waals surface area (Å²) in [6, 6.07) is 9.14. The maximum atomic E-state index is 11.4. The van der Waals surface area contributed by atoms with Crippen LogP contribution in [0.15, 0.2) is 30.3 Å². The molecule has 94 valence electrons. The molecular formula is C11H13ClO4S. The Morgan fingerprint density at radius 1 is 1.35 bits per heavy atom. The third-order valence-corrected chi connectivity index (χ3v) is 3.35. The van der Waals surface area contributed by atoms with Crippen LogP contribution < -0.4 is 0 Å². The number of carbonyl (C=O) groups excluding carboxylic acids is 1. The molecule has 6 heteroatoms. The van der Waals surface area contributed by atoms with E-state index in [9.17, 15) is 13.2 Å². The molecule has 4 nitrogen and oxygen atoms in total. The Kier molecular flexibility index (Phi) is 4.96. The topological polar surface area (TPSA) is 60.4 Å². The molecule has 1 aromatic carbocycles. The average Bonchev–Trinajstić information content (AvgIpc) is 2.25. The van der Waals surface area contributed by atoms with Gasteiger partial charge in [0.05, 0.1) is 11.7 Å². The maximum Gasteiger partial charge on any atom is 0.310 e. The van der Waals surface area contributed by atoms with Gasteiger partial charge in [-0.3, -0.25) is 4.79 Å². The normalized spacial score (nSPS) is 13.1. The molecule has 0 radical (unpaired) electrons. The Morgan fingerprint density at radius 2 is 1.94 bits per heavy atom. The van der Waals surface area contributed by atoms with E-state index in [0.29, 0.717) is 0 Å². The number of ether oxygens (including phenoxy) is 1. The quantitative estimate of drug-likeness (QED) is 0.609. The molecule has 0 aliphatic carbocycles. The SMILES string of the molecule is C[C@H](CS(=O)(=O)Cl)C(=O)OCc1ccccc1. The first-order chi connectivity index (χ1) is 7.88. The van der Waals surface area contributed by atoms with E-state index in [0.717, 1.165) is 5.56 Å². The molecule has 0 aromatic heterocycles. The number of benzene rings is 1. The van der Waals surface area contributed by atoms with Crippen LogP contribution in [0.3, 0.4) is 0 Å². The highest BCUT2D eigenvalue weighted by Crippen LogP contribution is 2.09. The summed E-state index contributed by atoms with van der Waals surface area (Å²) in [7, 11) is 1.37. The van der Waals surface area contributed by atoms with Crippen LogP contribution in [0.4, 0.5) is 0 Å². The van der Waals surface area contributed by atoms with Gasteiger partial charge in [0.25, 0.3) is 0 Å². The average molecular weight is 277 g/mol. The monoisotopic (exact) mass is 276 g/mol. The number of halogens is 1. The molecule has 0 heterocycles. The van der Waals surface area contributed by atoms with Gasteiger partial charge in [-0.05, 0) is 5.56 Å². The molecule has 0 saturated carbocycles. The Morgan fingerprint density at radius 3 is 2.47 bits per heavy atom. The third kappa shape index (κ3) is 5.70. The molecule has 17 heavy (non-hydrogen) atoms. The van der Waals surface area contributed by atoms with Gasteiger partial charge in [-0.15, -0.1) is 0 Å². The van der Waals surface area contributed by atoms with E-state index >= 15 is 0 Å². The molecule has 1 aromatic rings. The number of esters is 1. The second-order valence-electron chi connectivity index (χ2n) is 3.70. The Balaban J connectivity index is 2.45. The van der Waals surface area contributed by atoms with Gasteiger partial charge in [0.1, 0.15) is 6.61 Å². The fraction of sp³-hybridized carbons (Fsp3) is 0.364. The zero-order valence-electron chi connectivity index (χ0n) is 9.30. The zero-order valence-corrected chi connectivity index (χ0v) is 10.9. The molecule has 1 atom stereocenters. The molecule has 0 bridgehead atoms. The molecule has 0 spiro atoms. The number of rotatable bonds is 5. The highest BCUT2D eigenvalue weighted by atomic mass is 35.7. The van der Waals surface area contributed by atoms with Crippen LogP contribution in [-0.4, -0.2) is 20.1 Å². The zero-order chi connectivity index (χ0) is 12.9. The maximum absolute atomic E-state index is 11.4. The van der Waals surface area contributed by atoms with Crippen molar-refractivity contribution in [1.82, 2.24) is 0 Å². The predicted molar refractivity (Wildman–Crippen MR) is 65.0 cm³/mol. The summed E-state index contributed by atoms with van der Waals surface area (Å²) in [5.74, 6) is -1.75. The minimum Gasteiger partial charge on any atom is -0.461 e. The van der Waals surface area contributed by atoms with E-state index in [2.05, 4.69) is 0 Å². The second-order valence-corrected chi connectivity index (χ2v) is 6.52. The molecule has 0 aliphatic heterocycles. The van der Waals surface area contributed by atoms with E-state index < -0.39 is 26.7 Å². The van der Waals surface area contributed by atoms with Gasteiger partial charge in [-0.1, -0.05) is 37.3 Å². The van der Waals surface area contributed by atoms with Crippen molar-refractivity contribution in [2.24, 2.45) is 5.92 Å². The summed E-state index contributed by atoms with van der Waals surface area (Å²) in [4.78, 5) is 11.4. The lowest BCUT2D eigenvalue weighted by molar-refractivity contribution is -0.148. The summed E-state index contributed by atoms with van der Waals surface area (Å²) in [6.07, 6.45) is 0. The first-order valence-electron chi connectivity index (χ1n) is 5.01. The fourth-order valence-corrected chi connectivity index (χ4v) is 2.54. The van der Waals surface area contributed by atoms with Crippen LogP contribution >= 0.6 is 10.7 Å². The van der Waals surface area contributed by atoms with Crippen LogP contribution in [-0.2, 0) is 25.2 Å². The van der Waals surface area contributed by atoms with Crippen molar-refractivity contribution < 1.29 is 17.9 Å². The Hall–Kier alpha value is -1.07. The molecule has 0 N–H and O–H groups in total. The first kappa shape index (κ1) is 14.0. The molecule has 0 aliphatic rings. The fourth-order valence-electron chi connectivity index (χ4n) is 1.24. The van der Waals surface area contributed by atoms with Crippen molar-refractivity contribution in [3.8, 4) is 0 Å². The van der Waals surface area contributed by atoms with Gasteiger partial charge in [-0.25, -0.2) is 8.42 Å². The summed E-state index contributed by atoms with van der Waals surface area (Å²) >= 11 is 0. The summed E-state index contributed by atoms with van der Waals surface area (Å²) in [5, 5.41) is 0. The van der Waals surface area contributed by atoms with Crippen molar-refractivity contribution >= 4 is 25.7 Å². The molecule has 1 rings (SSSR count). The van der Waals surface area contributed by atoms with E-state index in [1.165, 1.54) is 6.92 Å². The summed E-state index contributed by atoms with van der Waals surface area (Å²) in [5.41, 5.74) is 0.849. The van der Waals surface area contributed by atoms with Crippen molar-refractivity contribution in [1.29, 1.82) is 0 Å². The van der Waals surface area contributed by atoms with Crippen LogP contribution in [0.1, 0.15) is 12.5 Å². The second kappa shape index (κ2) is 6.02. The van der Waals surface area contributed by atoms with Gasteiger partial charge in [0, 0.05) is 10.7 Å². The molecular weight excluding hydrogens is 264 g/mol. The molecule has 0 amide bonds. The van der Waals surface area contributed by atoms with Crippen LogP contribution in [0, 0.1) is 5.92 Å². The number of hydrogen-bond donors (Lipinski definition) is 0. The lowest BCUT2D eigenvalue weighted by Crippen LogP contribution is -2.21. The van der Waals surface area contributed by atoms with Crippen molar-refractivity contribution in [3.63, 3.8) is 0 Å². The van der Waals surface area contributed by atoms with Crippen molar-refractivity contribution in [3.05, 3.63) is 35.9 Å². The molecule has 0 saturated heterocycles. The number of hydrogen-bond acceptors (Lipinski definition) is 4. The van der Waals surface area contributed by atoms with Gasteiger partial charge < -0.3 is 4.74 Å². The lowest BCUT2D eigenvalue weighted by atomic mass is 10.2. The predicted octanol–water partition coefficient (Wildman–Crippen LogP) is 1.93. The van der Waals surface area contributed by atoms with E-state index in [1.807, 2.05) is 30.3 Å². The Bertz CT molecular complexity index is 470. The van der Waals surface area contributed by atoms with Crippen molar-refractivity contribution in [2.45, 2.75) is 13.5 Å². The highest BCUT2D eigenvalue weighted by Gasteiger charge is 2.21. The minimum atomic E-state index is -3.68. The standard InChI is InChI=1S/C11H13ClO4S/c1-9(8-17(12,14)15)11(13)16-7-10-5-3-2-4-6-10/h2-6,9H,7-8H2,1H3/t9-/m1/s1. The van der Waals surface area contributed by atoms with Crippen LogP contribution in [0.5, 0.6) is 0 Å². The smallest absolute Gasteiger partial charge is 0.310 e. The van der Waals surface area contributed by atoms with E-state index in [-0.39, 0.29) is 6.61 Å². The number of carbonyl (C=O) groups is 1. The summed E-state index contributed by atoms with van der Waals surface area (Å²) in [6.45, 7) is 1.60. The largest absolute Gasteiger partial charge is 0.461 e. The molecule has 0 fully saturated rings. The van der Waals surface area contributed by atoms with Crippen LogP contribution in [0.2, 0.25) is 0 Å². The first-order valence-corrected chi connectivity index (χ1v) is 7.49. The van der Waals surface area contributed by atoms with Gasteiger partial charge >= 0.3 is 5.97 Å². The van der Waals surface area contributed by atoms with Crippen LogP contribution in [0.25, 0.3) is 0 Å². The van der Waals surface area contributed by atoms with Gasteiger partial charge in [0.2, 0.25) is 9.05 Å². The lowest BCUT2D eigenvalue weighted by Gasteiger charge is -2.09. The highest BCUT2D eigenvalue weighted by molar-refractivity contribution is 8.13. The molecule has 0 unspecified atom stereocenters.